The Kier molecular flexibility index (Phi) is 6.10. The van der Waals surface area contributed by atoms with Crippen molar-refractivity contribution in [3.63, 3.8) is 0 Å². The fraction of sp³-hybridized carbons (Fsp3) is 0.300. The number of hydrogen-bond acceptors (Lipinski definition) is 3. The Labute approximate surface area is 138 Å². The van der Waals surface area contributed by atoms with E-state index in [0.29, 0.717) is 0 Å². The van der Waals surface area contributed by atoms with E-state index in [2.05, 4.69) is 30.4 Å². The predicted molar refractivity (Wildman–Crippen MR) is 93.8 cm³/mol. The number of ether oxygens (including phenoxy) is 3. The Hall–Kier alpha value is -2.42. The third kappa shape index (κ3) is 4.28. The lowest BCUT2D eigenvalue weighted by molar-refractivity contribution is 0.390. The largest absolute Gasteiger partial charge is 0.497 e. The van der Waals surface area contributed by atoms with Crippen LogP contribution in [-0.2, 0) is 6.42 Å². The molecule has 0 unspecified atom stereocenters. The summed E-state index contributed by atoms with van der Waals surface area (Å²) in [5.41, 5.74) is 2.41. The molecule has 2 rings (SSSR count). The van der Waals surface area contributed by atoms with Crippen molar-refractivity contribution in [2.75, 3.05) is 21.3 Å². The minimum absolute atomic E-state index is 0.285. The lowest BCUT2D eigenvalue weighted by atomic mass is 9.91. The number of methoxy groups -OCH3 is 3. The number of benzene rings is 2. The predicted octanol–water partition coefficient (Wildman–Crippen LogP) is 4.61. The fourth-order valence-electron chi connectivity index (χ4n) is 2.64. The second-order valence-corrected chi connectivity index (χ2v) is 5.29. The van der Waals surface area contributed by atoms with Gasteiger partial charge in [-0.3, -0.25) is 0 Å². The third-order valence-corrected chi connectivity index (χ3v) is 3.90. The van der Waals surface area contributed by atoms with E-state index in [1.54, 1.807) is 21.3 Å². The summed E-state index contributed by atoms with van der Waals surface area (Å²) in [7, 11) is 5.03. The highest BCUT2D eigenvalue weighted by Gasteiger charge is 2.13. The molecule has 0 radical (unpaired) electrons. The number of rotatable bonds is 7. The molecule has 1 atom stereocenters. The molecule has 0 heterocycles. The average molecular weight is 312 g/mol. The van der Waals surface area contributed by atoms with Crippen molar-refractivity contribution in [3.8, 4) is 17.2 Å². The van der Waals surface area contributed by atoms with E-state index >= 15 is 0 Å². The van der Waals surface area contributed by atoms with Gasteiger partial charge in [0.1, 0.15) is 17.2 Å². The fourth-order valence-corrected chi connectivity index (χ4v) is 2.64. The molecule has 0 aromatic heterocycles. The van der Waals surface area contributed by atoms with Gasteiger partial charge in [-0.15, -0.1) is 0 Å². The SMILES string of the molecule is C/C=C/[C@@H](Cc1ccc(OC)cc1OC)c1ccc(OC)cc1. The van der Waals surface area contributed by atoms with E-state index in [1.165, 1.54) is 5.56 Å². The van der Waals surface area contributed by atoms with Crippen molar-refractivity contribution in [1.29, 1.82) is 0 Å². The highest BCUT2D eigenvalue weighted by atomic mass is 16.5. The van der Waals surface area contributed by atoms with Gasteiger partial charge in [-0.25, -0.2) is 0 Å². The Morgan fingerprint density at radius 1 is 0.870 bits per heavy atom. The molecule has 0 aliphatic carbocycles. The summed E-state index contributed by atoms with van der Waals surface area (Å²) < 4.78 is 16.0. The van der Waals surface area contributed by atoms with Gasteiger partial charge >= 0.3 is 0 Å². The van der Waals surface area contributed by atoms with Crippen molar-refractivity contribution in [3.05, 3.63) is 65.7 Å². The maximum absolute atomic E-state index is 5.52. The van der Waals surface area contributed by atoms with Crippen LogP contribution in [0.2, 0.25) is 0 Å². The Morgan fingerprint density at radius 2 is 1.52 bits per heavy atom. The van der Waals surface area contributed by atoms with Gasteiger partial charge in [0.15, 0.2) is 0 Å². The molecule has 0 aliphatic rings. The van der Waals surface area contributed by atoms with E-state index in [1.807, 2.05) is 31.2 Å². The van der Waals surface area contributed by atoms with Crippen LogP contribution in [0.1, 0.15) is 24.0 Å². The monoisotopic (exact) mass is 312 g/mol. The molecule has 0 amide bonds. The van der Waals surface area contributed by atoms with Crippen LogP contribution in [0.3, 0.4) is 0 Å². The molecule has 0 saturated carbocycles. The molecule has 2 aromatic carbocycles. The minimum atomic E-state index is 0.285. The summed E-state index contributed by atoms with van der Waals surface area (Å²) in [6.07, 6.45) is 5.17. The molecular formula is C20H24O3. The van der Waals surface area contributed by atoms with Gasteiger partial charge in [0.25, 0.3) is 0 Å². The topological polar surface area (TPSA) is 27.7 Å². The molecule has 0 fully saturated rings. The molecule has 0 bridgehead atoms. The van der Waals surface area contributed by atoms with Gasteiger partial charge in [0.2, 0.25) is 0 Å². The Balaban J connectivity index is 2.28. The highest BCUT2D eigenvalue weighted by molar-refractivity contribution is 5.43. The number of hydrogen-bond donors (Lipinski definition) is 0. The van der Waals surface area contributed by atoms with Crippen LogP contribution in [0.4, 0.5) is 0 Å². The lowest BCUT2D eigenvalue weighted by Gasteiger charge is -2.17. The van der Waals surface area contributed by atoms with E-state index in [0.717, 1.165) is 29.2 Å². The van der Waals surface area contributed by atoms with Crippen molar-refractivity contribution in [1.82, 2.24) is 0 Å². The van der Waals surface area contributed by atoms with Crippen molar-refractivity contribution >= 4 is 0 Å². The standard InChI is InChI=1S/C20H24O3/c1-5-6-16(15-7-10-18(21-2)11-8-15)13-17-9-12-19(22-3)14-20(17)23-4/h5-12,14,16H,13H2,1-4H3/b6-5+/t16-/m0/s1. The molecule has 3 heteroatoms. The van der Waals surface area contributed by atoms with Crippen LogP contribution in [0.5, 0.6) is 17.2 Å². The van der Waals surface area contributed by atoms with Crippen LogP contribution >= 0.6 is 0 Å². The van der Waals surface area contributed by atoms with Crippen LogP contribution in [0.25, 0.3) is 0 Å². The third-order valence-electron chi connectivity index (χ3n) is 3.90. The number of allylic oxidation sites excluding steroid dienone is 2. The zero-order chi connectivity index (χ0) is 16.7. The molecule has 3 nitrogen and oxygen atoms in total. The average Bonchev–Trinajstić information content (AvgIpc) is 2.61. The smallest absolute Gasteiger partial charge is 0.125 e. The van der Waals surface area contributed by atoms with Gasteiger partial charge in [-0.1, -0.05) is 30.4 Å². The van der Waals surface area contributed by atoms with Gasteiger partial charge in [0.05, 0.1) is 21.3 Å². The van der Waals surface area contributed by atoms with Crippen LogP contribution in [0, 0.1) is 0 Å². The van der Waals surface area contributed by atoms with Crippen LogP contribution < -0.4 is 14.2 Å². The quantitative estimate of drug-likeness (QED) is 0.699. The van der Waals surface area contributed by atoms with Crippen molar-refractivity contribution in [2.24, 2.45) is 0 Å². The first-order valence-corrected chi connectivity index (χ1v) is 7.69. The molecule has 23 heavy (non-hydrogen) atoms. The first kappa shape index (κ1) is 16.9. The summed E-state index contributed by atoms with van der Waals surface area (Å²) in [6.45, 7) is 2.04. The van der Waals surface area contributed by atoms with E-state index in [-0.39, 0.29) is 5.92 Å². The van der Waals surface area contributed by atoms with E-state index < -0.39 is 0 Å². The van der Waals surface area contributed by atoms with E-state index in [9.17, 15) is 0 Å². The molecule has 0 aliphatic heterocycles. The maximum atomic E-state index is 5.52. The molecule has 122 valence electrons. The summed E-state index contributed by atoms with van der Waals surface area (Å²) in [6, 6.07) is 14.2. The summed E-state index contributed by atoms with van der Waals surface area (Å²) >= 11 is 0. The summed E-state index contributed by atoms with van der Waals surface area (Å²) in [4.78, 5) is 0. The molecule has 0 N–H and O–H groups in total. The first-order valence-electron chi connectivity index (χ1n) is 7.69. The first-order chi connectivity index (χ1) is 11.2. The second-order valence-electron chi connectivity index (χ2n) is 5.29. The Morgan fingerprint density at radius 3 is 2.09 bits per heavy atom. The normalized spacial score (nSPS) is 12.2. The second kappa shape index (κ2) is 8.28. The highest BCUT2D eigenvalue weighted by Crippen LogP contribution is 2.31. The molecule has 2 aromatic rings. The minimum Gasteiger partial charge on any atom is -0.497 e. The summed E-state index contributed by atoms with van der Waals surface area (Å²) in [5, 5.41) is 0. The van der Waals surface area contributed by atoms with Crippen LogP contribution in [-0.4, -0.2) is 21.3 Å². The summed E-state index contributed by atoms with van der Waals surface area (Å²) in [5.74, 6) is 2.81. The zero-order valence-electron chi connectivity index (χ0n) is 14.2. The maximum Gasteiger partial charge on any atom is 0.125 e. The van der Waals surface area contributed by atoms with Gasteiger partial charge < -0.3 is 14.2 Å². The van der Waals surface area contributed by atoms with Gasteiger partial charge in [-0.2, -0.15) is 0 Å². The van der Waals surface area contributed by atoms with Crippen molar-refractivity contribution < 1.29 is 14.2 Å². The van der Waals surface area contributed by atoms with Gasteiger partial charge in [-0.05, 0) is 42.7 Å². The molecular weight excluding hydrogens is 288 g/mol. The molecule has 0 saturated heterocycles. The van der Waals surface area contributed by atoms with E-state index in [4.69, 9.17) is 14.2 Å². The molecule has 0 spiro atoms. The lowest BCUT2D eigenvalue weighted by Crippen LogP contribution is -2.02. The van der Waals surface area contributed by atoms with Crippen molar-refractivity contribution in [2.45, 2.75) is 19.3 Å². The van der Waals surface area contributed by atoms with Crippen LogP contribution in [0.15, 0.2) is 54.6 Å². The zero-order valence-corrected chi connectivity index (χ0v) is 14.2. The van der Waals surface area contributed by atoms with Gasteiger partial charge in [0, 0.05) is 12.0 Å². The Bertz CT molecular complexity index is 644.